The molecule has 2 amide bonds. The maximum Gasteiger partial charge on any atom is 0.323 e. The largest absolute Gasteiger partial charge is 0.488 e. The van der Waals surface area contributed by atoms with Gasteiger partial charge in [-0.05, 0) is 70.3 Å². The number of hydrogen-bond acceptors (Lipinski definition) is 5. The molecule has 10 heteroatoms. The van der Waals surface area contributed by atoms with Crippen molar-refractivity contribution < 1.29 is 24.2 Å². The molecule has 1 N–H and O–H groups in total. The quantitative estimate of drug-likeness (QED) is 0.379. The lowest BCUT2D eigenvalue weighted by atomic mass is 10.2. The van der Waals surface area contributed by atoms with E-state index >= 15 is 0 Å². The number of amides is 2. The molecule has 150 valence electrons. The number of carbonyl (C=O) groups is 3. The molecule has 0 unspecified atom stereocenters. The van der Waals surface area contributed by atoms with E-state index in [9.17, 15) is 14.4 Å². The highest BCUT2D eigenvalue weighted by Gasteiger charge is 2.36. The third kappa shape index (κ3) is 5.44. The van der Waals surface area contributed by atoms with E-state index in [-0.39, 0.29) is 11.5 Å². The molecule has 0 radical (unpaired) electrons. The van der Waals surface area contributed by atoms with E-state index in [0.717, 1.165) is 9.13 Å². The van der Waals surface area contributed by atoms with Crippen molar-refractivity contribution in [2.45, 2.75) is 6.61 Å². The molecule has 0 aliphatic carbocycles. The van der Waals surface area contributed by atoms with E-state index in [2.05, 4.69) is 22.6 Å². The van der Waals surface area contributed by atoms with Crippen molar-refractivity contribution in [1.29, 1.82) is 0 Å². The molecule has 1 saturated heterocycles. The lowest BCUT2D eigenvalue weighted by Gasteiger charge is -2.10. The van der Waals surface area contributed by atoms with Crippen LogP contribution in [0, 0.1) is 3.57 Å². The highest BCUT2D eigenvalue weighted by Crippen LogP contribution is 2.33. The number of thioether (sulfide) groups is 1. The first-order chi connectivity index (χ1) is 13.7. The molecule has 0 aromatic heterocycles. The van der Waals surface area contributed by atoms with Crippen molar-refractivity contribution >= 4 is 80.7 Å². The Morgan fingerprint density at radius 2 is 1.97 bits per heavy atom. The lowest BCUT2D eigenvalue weighted by Crippen LogP contribution is -2.33. The summed E-state index contributed by atoms with van der Waals surface area (Å²) in [7, 11) is 0. The SMILES string of the molecule is O=C(O)CN1C(=O)S/C(=C/c2ccc(OCc3ccc(Cl)cc3Cl)c(I)c2)C1=O. The zero-order valence-corrected chi connectivity index (χ0v) is 19.0. The van der Waals surface area contributed by atoms with Gasteiger partial charge in [0.25, 0.3) is 11.1 Å². The molecule has 0 atom stereocenters. The molecular formula is C19H12Cl2INO5S. The second-order valence-corrected chi connectivity index (χ2v) is 8.87. The van der Waals surface area contributed by atoms with Gasteiger partial charge in [-0.1, -0.05) is 35.3 Å². The Bertz CT molecular complexity index is 1040. The molecule has 1 heterocycles. The lowest BCUT2D eigenvalue weighted by molar-refractivity contribution is -0.140. The zero-order chi connectivity index (χ0) is 21.1. The minimum atomic E-state index is -1.25. The smallest absolute Gasteiger partial charge is 0.323 e. The van der Waals surface area contributed by atoms with Gasteiger partial charge in [0, 0.05) is 15.6 Å². The van der Waals surface area contributed by atoms with Crippen LogP contribution >= 0.6 is 57.6 Å². The van der Waals surface area contributed by atoms with Gasteiger partial charge in [-0.2, -0.15) is 0 Å². The van der Waals surface area contributed by atoms with Crippen LogP contribution in [-0.4, -0.2) is 33.7 Å². The monoisotopic (exact) mass is 563 g/mol. The van der Waals surface area contributed by atoms with Crippen molar-refractivity contribution in [3.05, 3.63) is 66.0 Å². The summed E-state index contributed by atoms with van der Waals surface area (Å²) >= 11 is 14.9. The van der Waals surface area contributed by atoms with Crippen LogP contribution < -0.4 is 4.74 Å². The Morgan fingerprint density at radius 3 is 2.62 bits per heavy atom. The minimum Gasteiger partial charge on any atom is -0.488 e. The van der Waals surface area contributed by atoms with Gasteiger partial charge in [-0.15, -0.1) is 0 Å². The van der Waals surface area contributed by atoms with Crippen molar-refractivity contribution in [1.82, 2.24) is 4.90 Å². The van der Waals surface area contributed by atoms with Crippen molar-refractivity contribution in [2.75, 3.05) is 6.54 Å². The molecule has 1 fully saturated rings. The highest BCUT2D eigenvalue weighted by atomic mass is 127. The summed E-state index contributed by atoms with van der Waals surface area (Å²) < 4.78 is 6.61. The third-order valence-corrected chi connectivity index (χ3v) is 6.16. The fraction of sp³-hybridized carbons (Fsp3) is 0.105. The summed E-state index contributed by atoms with van der Waals surface area (Å²) in [5.74, 6) is -1.23. The van der Waals surface area contributed by atoms with Gasteiger partial charge in [-0.3, -0.25) is 19.3 Å². The predicted octanol–water partition coefficient (Wildman–Crippen LogP) is 5.30. The standard InChI is InChI=1S/C19H12Cl2INO5S/c20-12-3-2-11(13(21)7-12)9-28-15-4-1-10(5-14(15)22)6-16-18(26)23(8-17(24)25)19(27)29-16/h1-7H,8-9H2,(H,24,25)/b16-6+. The number of carboxylic acid groups (broad SMARTS) is 1. The van der Waals surface area contributed by atoms with Crippen LogP contribution in [0.25, 0.3) is 6.08 Å². The molecule has 1 aliphatic rings. The average Bonchev–Trinajstić information content (AvgIpc) is 2.89. The van der Waals surface area contributed by atoms with E-state index in [4.69, 9.17) is 33.0 Å². The molecule has 1 aliphatic heterocycles. The summed E-state index contributed by atoms with van der Waals surface area (Å²) in [4.78, 5) is 35.7. The zero-order valence-electron chi connectivity index (χ0n) is 14.5. The van der Waals surface area contributed by atoms with Gasteiger partial charge >= 0.3 is 5.97 Å². The number of hydrogen-bond donors (Lipinski definition) is 1. The molecule has 3 rings (SSSR count). The Balaban J connectivity index is 1.72. The molecule has 29 heavy (non-hydrogen) atoms. The molecule has 0 saturated carbocycles. The van der Waals surface area contributed by atoms with Crippen LogP contribution in [0.3, 0.4) is 0 Å². The third-order valence-electron chi connectivity index (χ3n) is 3.82. The number of ether oxygens (including phenoxy) is 1. The van der Waals surface area contributed by atoms with Crippen molar-refractivity contribution in [3.63, 3.8) is 0 Å². The fourth-order valence-corrected chi connectivity index (χ4v) is 4.44. The Kier molecular flexibility index (Phi) is 7.10. The van der Waals surface area contributed by atoms with E-state index in [1.54, 1.807) is 42.5 Å². The first-order valence-electron chi connectivity index (χ1n) is 8.08. The number of benzene rings is 2. The number of imide groups is 1. The van der Waals surface area contributed by atoms with Crippen LogP contribution in [0.5, 0.6) is 5.75 Å². The van der Waals surface area contributed by atoms with Gasteiger partial charge < -0.3 is 9.84 Å². The molecule has 6 nitrogen and oxygen atoms in total. The molecule has 0 spiro atoms. The summed E-state index contributed by atoms with van der Waals surface area (Å²) in [6.45, 7) is -0.390. The van der Waals surface area contributed by atoms with Crippen LogP contribution in [0.2, 0.25) is 10.0 Å². The van der Waals surface area contributed by atoms with Gasteiger partial charge in [0.05, 0.1) is 8.48 Å². The van der Waals surface area contributed by atoms with Crippen LogP contribution in [-0.2, 0) is 16.2 Å². The Hall–Kier alpha value is -1.75. The first-order valence-corrected chi connectivity index (χ1v) is 10.7. The number of carbonyl (C=O) groups excluding carboxylic acids is 2. The van der Waals surface area contributed by atoms with Crippen LogP contribution in [0.4, 0.5) is 4.79 Å². The maximum atomic E-state index is 12.2. The van der Waals surface area contributed by atoms with Gasteiger partial charge in [-0.25, -0.2) is 0 Å². The summed E-state index contributed by atoms with van der Waals surface area (Å²) in [5, 5.41) is 9.27. The topological polar surface area (TPSA) is 83.9 Å². The van der Waals surface area contributed by atoms with Crippen molar-refractivity contribution in [3.8, 4) is 5.75 Å². The van der Waals surface area contributed by atoms with Gasteiger partial charge in [0.1, 0.15) is 18.9 Å². The fourth-order valence-electron chi connectivity index (χ4n) is 2.44. The molecule has 2 aromatic carbocycles. The number of halogens is 3. The number of nitrogens with zero attached hydrogens (tertiary/aromatic N) is 1. The highest BCUT2D eigenvalue weighted by molar-refractivity contribution is 14.1. The second kappa shape index (κ2) is 9.38. The number of aliphatic carboxylic acids is 1. The van der Waals surface area contributed by atoms with Crippen LogP contribution in [0.1, 0.15) is 11.1 Å². The number of rotatable bonds is 6. The summed E-state index contributed by atoms with van der Waals surface area (Å²) in [6.07, 6.45) is 1.55. The molecule has 2 aromatic rings. The van der Waals surface area contributed by atoms with E-state index in [1.165, 1.54) is 0 Å². The first kappa shape index (κ1) is 21.9. The minimum absolute atomic E-state index is 0.175. The Labute approximate surface area is 193 Å². The second-order valence-electron chi connectivity index (χ2n) is 5.88. The molecular weight excluding hydrogens is 552 g/mol. The van der Waals surface area contributed by atoms with E-state index in [1.807, 2.05) is 0 Å². The molecule has 0 bridgehead atoms. The average molecular weight is 564 g/mol. The van der Waals surface area contributed by atoms with Crippen LogP contribution in [0.15, 0.2) is 41.3 Å². The van der Waals surface area contributed by atoms with E-state index < -0.39 is 23.7 Å². The van der Waals surface area contributed by atoms with Crippen molar-refractivity contribution in [2.24, 2.45) is 0 Å². The van der Waals surface area contributed by atoms with Gasteiger partial charge in [0.2, 0.25) is 0 Å². The normalized spacial score (nSPS) is 15.3. The van der Waals surface area contributed by atoms with E-state index in [0.29, 0.717) is 38.0 Å². The summed E-state index contributed by atoms with van der Waals surface area (Å²) in [6, 6.07) is 10.5. The predicted molar refractivity (Wildman–Crippen MR) is 120 cm³/mol. The summed E-state index contributed by atoms with van der Waals surface area (Å²) in [5.41, 5.74) is 1.48. The maximum absolute atomic E-state index is 12.2. The number of carboxylic acids is 1. The Morgan fingerprint density at radius 1 is 1.21 bits per heavy atom. The van der Waals surface area contributed by atoms with Gasteiger partial charge in [0.15, 0.2) is 0 Å².